The number of carbonyl (C=O) groups is 1. The monoisotopic (exact) mass is 352 g/mol. The van der Waals surface area contributed by atoms with E-state index in [4.69, 9.17) is 4.74 Å². The maximum atomic E-state index is 12.8. The lowest BCUT2D eigenvalue weighted by Gasteiger charge is -2.36. The van der Waals surface area contributed by atoms with E-state index < -0.39 is 21.7 Å². The zero-order valence-corrected chi connectivity index (χ0v) is 15.1. The van der Waals surface area contributed by atoms with E-state index in [1.165, 1.54) is 4.31 Å². The lowest BCUT2D eigenvalue weighted by molar-refractivity contribution is 0.0173. The smallest absolute Gasteiger partial charge is 0.407 e. The number of amides is 1. The molecule has 7 heteroatoms. The summed E-state index contributed by atoms with van der Waals surface area (Å²) in [5.74, 6) is 0. The van der Waals surface area contributed by atoms with E-state index in [0.29, 0.717) is 37.4 Å². The fraction of sp³-hybridized carbons (Fsp3) is 0.588. The van der Waals surface area contributed by atoms with Crippen molar-refractivity contribution in [2.24, 2.45) is 0 Å². The molecule has 0 saturated carbocycles. The predicted octanol–water partition coefficient (Wildman–Crippen LogP) is 2.25. The first-order valence-electron chi connectivity index (χ1n) is 8.20. The van der Waals surface area contributed by atoms with Crippen LogP contribution in [-0.4, -0.2) is 44.1 Å². The SMILES string of the molecule is CC(C)(C)c1ccc(S(=O)(=O)N2CCC3(CC2)CNC(=O)O3)cc1. The zero-order chi connectivity index (χ0) is 17.6. The molecule has 2 aliphatic heterocycles. The van der Waals surface area contributed by atoms with Gasteiger partial charge in [0.15, 0.2) is 0 Å². The number of alkyl carbamates (subject to hydrolysis) is 1. The molecule has 2 fully saturated rings. The summed E-state index contributed by atoms with van der Waals surface area (Å²) in [4.78, 5) is 11.6. The molecule has 0 bridgehead atoms. The van der Waals surface area contributed by atoms with Crippen LogP contribution >= 0.6 is 0 Å². The second-order valence-corrected chi connectivity index (χ2v) is 9.54. The molecule has 0 aliphatic carbocycles. The fourth-order valence-corrected chi connectivity index (χ4v) is 4.63. The molecule has 1 aromatic rings. The lowest BCUT2D eigenvalue weighted by atomic mass is 9.87. The lowest BCUT2D eigenvalue weighted by Crippen LogP contribution is -2.48. The summed E-state index contributed by atoms with van der Waals surface area (Å²) in [5.41, 5.74) is 0.543. The number of hydrogen-bond donors (Lipinski definition) is 1. The average molecular weight is 352 g/mol. The quantitative estimate of drug-likeness (QED) is 0.886. The van der Waals surface area contributed by atoms with Gasteiger partial charge in [-0.05, 0) is 23.1 Å². The summed E-state index contributed by atoms with van der Waals surface area (Å²) in [7, 11) is -3.51. The molecule has 2 aliphatic rings. The highest BCUT2D eigenvalue weighted by Gasteiger charge is 2.45. The molecule has 0 atom stereocenters. The van der Waals surface area contributed by atoms with Crippen LogP contribution in [0.4, 0.5) is 4.79 Å². The highest BCUT2D eigenvalue weighted by atomic mass is 32.2. The van der Waals surface area contributed by atoms with E-state index in [0.717, 1.165) is 5.56 Å². The van der Waals surface area contributed by atoms with Crippen molar-refractivity contribution < 1.29 is 17.9 Å². The van der Waals surface area contributed by atoms with Crippen LogP contribution in [0.3, 0.4) is 0 Å². The van der Waals surface area contributed by atoms with Crippen molar-refractivity contribution in [1.82, 2.24) is 9.62 Å². The minimum atomic E-state index is -3.51. The molecule has 1 aromatic carbocycles. The van der Waals surface area contributed by atoms with Crippen LogP contribution in [0.1, 0.15) is 39.2 Å². The Morgan fingerprint density at radius 1 is 1.12 bits per heavy atom. The average Bonchev–Trinajstić information content (AvgIpc) is 2.87. The van der Waals surface area contributed by atoms with E-state index in [2.05, 4.69) is 26.1 Å². The van der Waals surface area contributed by atoms with Crippen LogP contribution in [0, 0.1) is 0 Å². The molecular formula is C17H24N2O4S. The van der Waals surface area contributed by atoms with Gasteiger partial charge in [-0.3, -0.25) is 0 Å². The van der Waals surface area contributed by atoms with Gasteiger partial charge in [-0.15, -0.1) is 0 Å². The second kappa shape index (κ2) is 5.74. The fourth-order valence-electron chi connectivity index (χ4n) is 3.19. The Hall–Kier alpha value is -1.60. The van der Waals surface area contributed by atoms with E-state index in [1.54, 1.807) is 12.1 Å². The molecule has 2 saturated heterocycles. The van der Waals surface area contributed by atoms with Crippen molar-refractivity contribution >= 4 is 16.1 Å². The Balaban J connectivity index is 1.74. The molecule has 0 unspecified atom stereocenters. The third-order valence-corrected chi connectivity index (χ3v) is 6.77. The van der Waals surface area contributed by atoms with Gasteiger partial charge >= 0.3 is 6.09 Å². The molecule has 24 heavy (non-hydrogen) atoms. The number of sulfonamides is 1. The van der Waals surface area contributed by atoms with Crippen molar-refractivity contribution in [2.75, 3.05) is 19.6 Å². The maximum absolute atomic E-state index is 12.8. The molecule has 2 heterocycles. The Kier molecular flexibility index (Phi) is 4.12. The van der Waals surface area contributed by atoms with Gasteiger partial charge < -0.3 is 10.1 Å². The van der Waals surface area contributed by atoms with Crippen LogP contribution in [0.25, 0.3) is 0 Å². The maximum Gasteiger partial charge on any atom is 0.407 e. The summed E-state index contributed by atoms with van der Waals surface area (Å²) in [6, 6.07) is 7.11. The first kappa shape index (κ1) is 17.2. The number of hydrogen-bond acceptors (Lipinski definition) is 4. The van der Waals surface area contributed by atoms with Crippen LogP contribution < -0.4 is 5.32 Å². The predicted molar refractivity (Wildman–Crippen MR) is 90.3 cm³/mol. The van der Waals surface area contributed by atoms with Crippen molar-refractivity contribution in [3.63, 3.8) is 0 Å². The van der Waals surface area contributed by atoms with Crippen molar-refractivity contribution in [1.29, 1.82) is 0 Å². The third-order valence-electron chi connectivity index (χ3n) is 4.86. The molecule has 1 N–H and O–H groups in total. The Morgan fingerprint density at radius 2 is 1.71 bits per heavy atom. The van der Waals surface area contributed by atoms with Gasteiger partial charge in [0.05, 0.1) is 11.4 Å². The molecule has 0 radical (unpaired) electrons. The summed E-state index contributed by atoms with van der Waals surface area (Å²) in [5, 5.41) is 2.66. The summed E-state index contributed by atoms with van der Waals surface area (Å²) in [6.45, 7) is 7.46. The highest BCUT2D eigenvalue weighted by Crippen LogP contribution is 2.32. The molecular weight excluding hydrogens is 328 g/mol. The standard InChI is InChI=1S/C17H24N2O4S/c1-16(2,3)13-4-6-14(7-5-13)24(21,22)19-10-8-17(9-11-19)12-18-15(20)23-17/h4-7H,8-12H2,1-3H3,(H,18,20). The minimum absolute atomic E-state index is 0.0147. The second-order valence-electron chi connectivity index (χ2n) is 7.60. The van der Waals surface area contributed by atoms with E-state index in [-0.39, 0.29) is 5.41 Å². The van der Waals surface area contributed by atoms with Crippen LogP contribution in [-0.2, 0) is 20.2 Å². The minimum Gasteiger partial charge on any atom is -0.441 e. The molecule has 1 amide bonds. The van der Waals surface area contributed by atoms with E-state index in [1.807, 2.05) is 12.1 Å². The Bertz CT molecular complexity index is 727. The summed E-state index contributed by atoms with van der Waals surface area (Å²) < 4.78 is 32.5. The topological polar surface area (TPSA) is 75.7 Å². The van der Waals surface area contributed by atoms with Crippen molar-refractivity contribution in [2.45, 2.75) is 49.5 Å². The molecule has 1 spiro atoms. The van der Waals surface area contributed by atoms with Gasteiger partial charge in [0.25, 0.3) is 0 Å². The van der Waals surface area contributed by atoms with Crippen LogP contribution in [0.2, 0.25) is 0 Å². The molecule has 6 nitrogen and oxygen atoms in total. The number of rotatable bonds is 2. The number of nitrogens with zero attached hydrogens (tertiary/aromatic N) is 1. The Morgan fingerprint density at radius 3 is 2.17 bits per heavy atom. The molecule has 132 valence electrons. The normalized spacial score (nSPS) is 21.5. The van der Waals surface area contributed by atoms with Crippen LogP contribution in [0.5, 0.6) is 0 Å². The number of carbonyl (C=O) groups excluding carboxylic acids is 1. The van der Waals surface area contributed by atoms with Gasteiger partial charge in [-0.25, -0.2) is 13.2 Å². The highest BCUT2D eigenvalue weighted by molar-refractivity contribution is 7.89. The van der Waals surface area contributed by atoms with Gasteiger partial charge in [0.2, 0.25) is 10.0 Å². The number of benzene rings is 1. The van der Waals surface area contributed by atoms with Gasteiger partial charge in [-0.1, -0.05) is 32.9 Å². The van der Waals surface area contributed by atoms with Gasteiger partial charge in [-0.2, -0.15) is 4.31 Å². The largest absolute Gasteiger partial charge is 0.441 e. The van der Waals surface area contributed by atoms with Crippen molar-refractivity contribution in [3.05, 3.63) is 29.8 Å². The van der Waals surface area contributed by atoms with Crippen LogP contribution in [0.15, 0.2) is 29.2 Å². The molecule has 0 aromatic heterocycles. The number of nitrogens with one attached hydrogen (secondary N) is 1. The van der Waals surface area contributed by atoms with Gasteiger partial charge in [0, 0.05) is 25.9 Å². The van der Waals surface area contributed by atoms with Gasteiger partial charge in [0.1, 0.15) is 5.60 Å². The number of piperidine rings is 1. The van der Waals surface area contributed by atoms with Crippen molar-refractivity contribution in [3.8, 4) is 0 Å². The third kappa shape index (κ3) is 3.15. The van der Waals surface area contributed by atoms with E-state index in [9.17, 15) is 13.2 Å². The Labute approximate surface area is 143 Å². The van der Waals surface area contributed by atoms with E-state index >= 15 is 0 Å². The number of ether oxygens (including phenoxy) is 1. The molecule has 3 rings (SSSR count). The summed E-state index contributed by atoms with van der Waals surface area (Å²) in [6.07, 6.45) is 0.625. The summed E-state index contributed by atoms with van der Waals surface area (Å²) >= 11 is 0. The first-order valence-corrected chi connectivity index (χ1v) is 9.64. The zero-order valence-electron chi connectivity index (χ0n) is 14.3. The first-order chi connectivity index (χ1) is 11.1.